The first kappa shape index (κ1) is 22.0. The summed E-state index contributed by atoms with van der Waals surface area (Å²) in [6.07, 6.45) is 0.828. The van der Waals surface area contributed by atoms with Crippen LogP contribution in [0.1, 0.15) is 49.5 Å². The highest BCUT2D eigenvalue weighted by molar-refractivity contribution is 6.08. The van der Waals surface area contributed by atoms with Crippen molar-refractivity contribution in [3.63, 3.8) is 0 Å². The molecule has 1 spiro atoms. The SMILES string of the molecule is CC(C)(C)CC1NC(C(=O)Nc2ccc(C(N)=O)cc2)CC12C(=O)Nc1ccc(F)cc12. The Morgan fingerprint density at radius 1 is 1.19 bits per heavy atom. The number of hydrogen-bond donors (Lipinski definition) is 4. The maximum atomic E-state index is 14.2. The van der Waals surface area contributed by atoms with E-state index in [1.165, 1.54) is 24.3 Å². The molecule has 3 unspecified atom stereocenters. The number of halogens is 1. The van der Waals surface area contributed by atoms with Crippen LogP contribution < -0.4 is 21.7 Å². The first-order chi connectivity index (χ1) is 15.0. The summed E-state index contributed by atoms with van der Waals surface area (Å²) in [5.74, 6) is -1.49. The van der Waals surface area contributed by atoms with Crippen LogP contribution >= 0.6 is 0 Å². The maximum absolute atomic E-state index is 14.2. The van der Waals surface area contributed by atoms with Crippen LogP contribution in [0.25, 0.3) is 0 Å². The molecule has 0 bridgehead atoms. The van der Waals surface area contributed by atoms with Gasteiger partial charge in [0.1, 0.15) is 5.82 Å². The zero-order valence-corrected chi connectivity index (χ0v) is 18.3. The van der Waals surface area contributed by atoms with E-state index >= 15 is 0 Å². The first-order valence-electron chi connectivity index (χ1n) is 10.6. The van der Waals surface area contributed by atoms with Gasteiger partial charge >= 0.3 is 0 Å². The molecule has 3 atom stereocenters. The molecular weight excluding hydrogens is 411 g/mol. The summed E-state index contributed by atoms with van der Waals surface area (Å²) in [4.78, 5) is 37.6. The average molecular weight is 439 g/mol. The van der Waals surface area contributed by atoms with Crippen molar-refractivity contribution >= 4 is 29.1 Å². The number of carbonyl (C=O) groups is 3. The van der Waals surface area contributed by atoms with Crippen LogP contribution in [0.2, 0.25) is 0 Å². The van der Waals surface area contributed by atoms with Gasteiger partial charge in [0.2, 0.25) is 17.7 Å². The number of anilines is 2. The topological polar surface area (TPSA) is 113 Å². The van der Waals surface area contributed by atoms with Crippen LogP contribution in [0, 0.1) is 11.2 Å². The zero-order valence-electron chi connectivity index (χ0n) is 18.3. The average Bonchev–Trinajstić information content (AvgIpc) is 3.20. The highest BCUT2D eigenvalue weighted by atomic mass is 19.1. The number of fused-ring (bicyclic) bond motifs is 2. The molecule has 4 rings (SSSR count). The standard InChI is InChI=1S/C24H27FN4O3/c1-23(2,3)12-19-24(16-10-14(25)6-9-17(16)29-22(24)32)11-18(28-19)21(31)27-15-7-4-13(5-8-15)20(26)30/h4-10,18-19,28H,11-12H2,1-3H3,(H2,26,30)(H,27,31)(H,29,32). The van der Waals surface area contributed by atoms with Crippen molar-refractivity contribution in [1.29, 1.82) is 0 Å². The molecule has 0 aromatic heterocycles. The first-order valence-corrected chi connectivity index (χ1v) is 10.6. The van der Waals surface area contributed by atoms with Gasteiger partial charge in [-0.25, -0.2) is 4.39 Å². The van der Waals surface area contributed by atoms with Gasteiger partial charge in [-0.05, 0) is 66.3 Å². The van der Waals surface area contributed by atoms with E-state index in [4.69, 9.17) is 5.73 Å². The number of nitrogens with two attached hydrogens (primary N) is 1. The Bertz CT molecular complexity index is 1090. The minimum absolute atomic E-state index is 0.128. The Kier molecular flexibility index (Phi) is 5.29. The summed E-state index contributed by atoms with van der Waals surface area (Å²) in [5, 5.41) is 9.06. The third-order valence-electron chi connectivity index (χ3n) is 6.21. The van der Waals surface area contributed by atoms with Gasteiger partial charge in [0.25, 0.3) is 0 Å². The van der Waals surface area contributed by atoms with Gasteiger partial charge in [-0.2, -0.15) is 0 Å². The molecule has 2 aliphatic rings. The van der Waals surface area contributed by atoms with Crippen molar-refractivity contribution < 1.29 is 18.8 Å². The van der Waals surface area contributed by atoms with Crippen LogP contribution in [-0.2, 0) is 15.0 Å². The molecular formula is C24H27FN4O3. The van der Waals surface area contributed by atoms with E-state index < -0.39 is 23.2 Å². The number of amides is 3. The smallest absolute Gasteiger partial charge is 0.248 e. The Hall–Kier alpha value is -3.26. The van der Waals surface area contributed by atoms with Crippen LogP contribution in [0.4, 0.5) is 15.8 Å². The Morgan fingerprint density at radius 3 is 2.50 bits per heavy atom. The lowest BCUT2D eigenvalue weighted by Crippen LogP contribution is -2.48. The molecule has 2 aliphatic heterocycles. The maximum Gasteiger partial charge on any atom is 0.248 e. The third-order valence-corrected chi connectivity index (χ3v) is 6.21. The highest BCUT2D eigenvalue weighted by Gasteiger charge is 2.59. The minimum atomic E-state index is -1.04. The second kappa shape index (κ2) is 7.70. The van der Waals surface area contributed by atoms with E-state index in [1.54, 1.807) is 18.2 Å². The van der Waals surface area contributed by atoms with Gasteiger partial charge in [0, 0.05) is 23.0 Å². The molecule has 2 heterocycles. The van der Waals surface area contributed by atoms with Gasteiger partial charge < -0.3 is 21.7 Å². The molecule has 8 heteroatoms. The van der Waals surface area contributed by atoms with Gasteiger partial charge in [-0.3, -0.25) is 14.4 Å². The number of carbonyl (C=O) groups excluding carboxylic acids is 3. The van der Waals surface area contributed by atoms with E-state index in [1.807, 2.05) is 0 Å². The summed E-state index contributed by atoms with van der Waals surface area (Å²) in [6, 6.07) is 9.55. The van der Waals surface area contributed by atoms with E-state index in [-0.39, 0.29) is 29.7 Å². The summed E-state index contributed by atoms with van der Waals surface area (Å²) < 4.78 is 14.2. The van der Waals surface area contributed by atoms with Crippen molar-refractivity contribution in [2.24, 2.45) is 11.1 Å². The van der Waals surface area contributed by atoms with E-state index in [2.05, 4.69) is 36.7 Å². The Labute approximate surface area is 185 Å². The number of benzene rings is 2. The molecule has 0 aliphatic carbocycles. The lowest BCUT2D eigenvalue weighted by molar-refractivity contribution is -0.121. The Balaban J connectivity index is 1.64. The minimum Gasteiger partial charge on any atom is -0.366 e. The molecule has 32 heavy (non-hydrogen) atoms. The Morgan fingerprint density at radius 2 is 1.88 bits per heavy atom. The van der Waals surface area contributed by atoms with Gasteiger partial charge in [-0.1, -0.05) is 20.8 Å². The molecule has 0 radical (unpaired) electrons. The molecule has 1 saturated heterocycles. The summed E-state index contributed by atoms with van der Waals surface area (Å²) >= 11 is 0. The highest BCUT2D eigenvalue weighted by Crippen LogP contribution is 2.49. The molecule has 0 saturated carbocycles. The quantitative estimate of drug-likeness (QED) is 0.588. The number of nitrogens with one attached hydrogen (secondary N) is 3. The molecule has 7 nitrogen and oxygen atoms in total. The van der Waals surface area contributed by atoms with Gasteiger partial charge in [-0.15, -0.1) is 0 Å². The number of hydrogen-bond acceptors (Lipinski definition) is 4. The third kappa shape index (κ3) is 3.86. The lowest BCUT2D eigenvalue weighted by atomic mass is 9.70. The normalized spacial score (nSPS) is 24.3. The predicted molar refractivity (Wildman–Crippen MR) is 120 cm³/mol. The van der Waals surface area contributed by atoms with E-state index in [9.17, 15) is 18.8 Å². The number of rotatable bonds is 4. The second-order valence-electron chi connectivity index (χ2n) is 9.79. The van der Waals surface area contributed by atoms with E-state index in [0.29, 0.717) is 28.9 Å². The van der Waals surface area contributed by atoms with Gasteiger partial charge in [0.05, 0.1) is 11.5 Å². The fourth-order valence-corrected chi connectivity index (χ4v) is 4.77. The van der Waals surface area contributed by atoms with Crippen molar-refractivity contribution in [3.8, 4) is 0 Å². The van der Waals surface area contributed by atoms with Crippen LogP contribution in [0.15, 0.2) is 42.5 Å². The van der Waals surface area contributed by atoms with Crippen molar-refractivity contribution in [1.82, 2.24) is 5.32 Å². The predicted octanol–water partition coefficient (Wildman–Crippen LogP) is 2.92. The second-order valence-corrected chi connectivity index (χ2v) is 9.79. The molecule has 2 aromatic rings. The van der Waals surface area contributed by atoms with Crippen molar-refractivity contribution in [2.75, 3.05) is 10.6 Å². The van der Waals surface area contributed by atoms with E-state index in [0.717, 1.165) is 0 Å². The summed E-state index contributed by atoms with van der Waals surface area (Å²) in [5.41, 5.74) is 6.11. The fourth-order valence-electron chi connectivity index (χ4n) is 4.77. The van der Waals surface area contributed by atoms with Crippen molar-refractivity contribution in [3.05, 3.63) is 59.4 Å². The molecule has 2 aromatic carbocycles. The van der Waals surface area contributed by atoms with Crippen LogP contribution in [0.5, 0.6) is 0 Å². The largest absolute Gasteiger partial charge is 0.366 e. The van der Waals surface area contributed by atoms with Crippen molar-refractivity contribution in [2.45, 2.75) is 51.1 Å². The number of primary amides is 1. The molecule has 5 N–H and O–H groups in total. The lowest BCUT2D eigenvalue weighted by Gasteiger charge is -2.33. The van der Waals surface area contributed by atoms with Crippen LogP contribution in [0.3, 0.4) is 0 Å². The molecule has 3 amide bonds. The van der Waals surface area contributed by atoms with Crippen LogP contribution in [-0.4, -0.2) is 29.8 Å². The van der Waals surface area contributed by atoms with Gasteiger partial charge in [0.15, 0.2) is 0 Å². The zero-order chi connectivity index (χ0) is 23.3. The summed E-state index contributed by atoms with van der Waals surface area (Å²) in [6.45, 7) is 6.19. The fraction of sp³-hybridized carbons (Fsp3) is 0.375. The molecule has 168 valence electrons. The molecule has 1 fully saturated rings. The summed E-state index contributed by atoms with van der Waals surface area (Å²) in [7, 11) is 0. The monoisotopic (exact) mass is 438 g/mol.